The van der Waals surface area contributed by atoms with Crippen LogP contribution in [0.4, 0.5) is 0 Å². The molecule has 0 spiro atoms. The fourth-order valence-electron chi connectivity index (χ4n) is 3.74. The van der Waals surface area contributed by atoms with E-state index < -0.39 is 90.5 Å². The van der Waals surface area contributed by atoms with Crippen molar-refractivity contribution in [3.05, 3.63) is 0 Å². The minimum absolute atomic E-state index is 0.0403. The molecule has 4 amide bonds. The second-order valence-corrected chi connectivity index (χ2v) is 10.5. The van der Waals surface area contributed by atoms with Crippen molar-refractivity contribution in [2.75, 3.05) is 6.54 Å². The third-order valence-electron chi connectivity index (χ3n) is 5.89. The Balaban J connectivity index is 5.86. The molecular weight excluding hydrogens is 544 g/mol. The van der Waals surface area contributed by atoms with Crippen molar-refractivity contribution in [3.63, 3.8) is 0 Å². The summed E-state index contributed by atoms with van der Waals surface area (Å²) in [6.45, 7) is 7.40. The highest BCUT2D eigenvalue weighted by Gasteiger charge is 2.34. The Bertz CT molecular complexity index is 942. The topological polar surface area (TPSA) is 280 Å². The number of nitrogens with one attached hydrogen (secondary N) is 4. The van der Waals surface area contributed by atoms with Crippen molar-refractivity contribution >= 4 is 41.5 Å². The first-order valence-electron chi connectivity index (χ1n) is 13.3. The Morgan fingerprint density at radius 1 is 0.659 bits per heavy atom. The molecule has 0 radical (unpaired) electrons. The lowest BCUT2D eigenvalue weighted by Crippen LogP contribution is -2.59. The van der Waals surface area contributed by atoms with Crippen LogP contribution in [0.15, 0.2) is 0 Å². The van der Waals surface area contributed by atoms with Gasteiger partial charge in [0.15, 0.2) is 0 Å². The van der Waals surface area contributed by atoms with Gasteiger partial charge >= 0.3 is 17.9 Å². The second kappa shape index (κ2) is 18.5. The van der Waals surface area contributed by atoms with Gasteiger partial charge in [-0.25, -0.2) is 4.79 Å². The zero-order chi connectivity index (χ0) is 31.9. The smallest absolute Gasteiger partial charge is 0.326 e. The Morgan fingerprint density at radius 3 is 1.61 bits per heavy atom. The predicted octanol–water partition coefficient (Wildman–Crippen LogP) is -1.88. The number of unbranched alkanes of at least 4 members (excludes halogenated alkanes) is 1. The molecule has 234 valence electrons. The number of rotatable bonds is 20. The van der Waals surface area contributed by atoms with Crippen LogP contribution in [-0.2, 0) is 33.6 Å². The Hall–Kier alpha value is -3.79. The maximum absolute atomic E-state index is 13.2. The molecule has 0 aromatic carbocycles. The minimum Gasteiger partial charge on any atom is -0.481 e. The highest BCUT2D eigenvalue weighted by Crippen LogP contribution is 2.09. The van der Waals surface area contributed by atoms with E-state index in [1.54, 1.807) is 13.8 Å². The molecule has 0 rings (SSSR count). The molecule has 0 aromatic rings. The molecule has 0 fully saturated rings. The van der Waals surface area contributed by atoms with Gasteiger partial charge in [-0.2, -0.15) is 0 Å². The first-order chi connectivity index (χ1) is 19.0. The zero-order valence-electron chi connectivity index (χ0n) is 23.8. The summed E-state index contributed by atoms with van der Waals surface area (Å²) in [5.74, 6) is -8.47. The summed E-state index contributed by atoms with van der Waals surface area (Å²) >= 11 is 0. The van der Waals surface area contributed by atoms with Crippen LogP contribution in [0, 0.1) is 11.8 Å². The van der Waals surface area contributed by atoms with Crippen LogP contribution in [0.5, 0.6) is 0 Å². The summed E-state index contributed by atoms with van der Waals surface area (Å²) in [5, 5.41) is 36.5. The molecule has 0 aliphatic rings. The van der Waals surface area contributed by atoms with Crippen molar-refractivity contribution in [2.24, 2.45) is 23.3 Å². The van der Waals surface area contributed by atoms with Gasteiger partial charge in [0.05, 0.1) is 18.9 Å². The molecule has 11 N–H and O–H groups in total. The number of nitrogens with two attached hydrogens (primary N) is 2. The van der Waals surface area contributed by atoms with Crippen molar-refractivity contribution in [1.29, 1.82) is 0 Å². The average molecular weight is 589 g/mol. The molecule has 0 bridgehead atoms. The lowest BCUT2D eigenvalue weighted by molar-refractivity contribution is -0.148. The molecule has 5 atom stereocenters. The number of aliphatic carboxylic acids is 3. The largest absolute Gasteiger partial charge is 0.481 e. The van der Waals surface area contributed by atoms with Gasteiger partial charge in [0.2, 0.25) is 23.6 Å². The molecular formula is C25H44N6O10. The fourth-order valence-corrected chi connectivity index (χ4v) is 3.74. The van der Waals surface area contributed by atoms with Gasteiger partial charge in [0.25, 0.3) is 0 Å². The molecule has 0 aliphatic carbocycles. The fraction of sp³-hybridized carbons (Fsp3) is 0.720. The van der Waals surface area contributed by atoms with Crippen LogP contribution < -0.4 is 32.7 Å². The van der Waals surface area contributed by atoms with E-state index in [0.717, 1.165) is 0 Å². The van der Waals surface area contributed by atoms with E-state index in [0.29, 0.717) is 19.3 Å². The number of carboxylic acid groups (broad SMARTS) is 3. The van der Waals surface area contributed by atoms with Crippen LogP contribution in [0.1, 0.15) is 66.2 Å². The van der Waals surface area contributed by atoms with E-state index in [1.165, 1.54) is 0 Å². The number of carbonyl (C=O) groups is 7. The number of amides is 4. The highest BCUT2D eigenvalue weighted by molar-refractivity contribution is 5.97. The number of carboxylic acids is 3. The molecule has 0 aromatic heterocycles. The van der Waals surface area contributed by atoms with E-state index >= 15 is 0 Å². The van der Waals surface area contributed by atoms with Gasteiger partial charge < -0.3 is 48.1 Å². The molecule has 0 saturated carbocycles. The number of carbonyl (C=O) groups excluding carboxylic acids is 4. The van der Waals surface area contributed by atoms with Crippen molar-refractivity contribution in [3.8, 4) is 0 Å². The first kappa shape index (κ1) is 37.2. The van der Waals surface area contributed by atoms with Crippen LogP contribution in [0.3, 0.4) is 0 Å². The second-order valence-electron chi connectivity index (χ2n) is 10.5. The Labute approximate surface area is 238 Å². The van der Waals surface area contributed by atoms with Gasteiger partial charge in [-0.3, -0.25) is 28.8 Å². The third kappa shape index (κ3) is 15.0. The maximum Gasteiger partial charge on any atom is 0.326 e. The minimum atomic E-state index is -1.88. The molecule has 16 heteroatoms. The summed E-state index contributed by atoms with van der Waals surface area (Å²) in [7, 11) is 0. The SMILES string of the molecule is CC(C)C[C@H](N)C(=O)N[C@H](C(=O)N[C@@H](CCCCN)C(=O)N[C@@H](CC(=O)O)C(=O)N[C@@H](CC(=O)O)C(=O)O)C(C)C. The lowest BCUT2D eigenvalue weighted by atomic mass is 9.99. The summed E-state index contributed by atoms with van der Waals surface area (Å²) in [6, 6.07) is -6.89. The highest BCUT2D eigenvalue weighted by atomic mass is 16.4. The van der Waals surface area contributed by atoms with Crippen LogP contribution >= 0.6 is 0 Å². The van der Waals surface area contributed by atoms with Gasteiger partial charge in [-0.1, -0.05) is 27.7 Å². The van der Waals surface area contributed by atoms with Gasteiger partial charge in [-0.15, -0.1) is 0 Å². The van der Waals surface area contributed by atoms with Gasteiger partial charge in [0, 0.05) is 0 Å². The Kier molecular flexibility index (Phi) is 16.8. The Morgan fingerprint density at radius 2 is 1.15 bits per heavy atom. The monoisotopic (exact) mass is 588 g/mol. The molecule has 16 nitrogen and oxygen atoms in total. The van der Waals surface area contributed by atoms with E-state index in [4.69, 9.17) is 16.6 Å². The zero-order valence-corrected chi connectivity index (χ0v) is 23.8. The van der Waals surface area contributed by atoms with Gasteiger partial charge in [-0.05, 0) is 44.1 Å². The van der Waals surface area contributed by atoms with Crippen molar-refractivity contribution in [2.45, 2.75) is 96.4 Å². The van der Waals surface area contributed by atoms with Crippen LogP contribution in [0.25, 0.3) is 0 Å². The quantitative estimate of drug-likeness (QED) is 0.0706. The average Bonchev–Trinajstić information content (AvgIpc) is 2.84. The van der Waals surface area contributed by atoms with Crippen LogP contribution in [-0.4, -0.2) is 93.6 Å². The van der Waals surface area contributed by atoms with Crippen LogP contribution in [0.2, 0.25) is 0 Å². The van der Waals surface area contributed by atoms with E-state index in [-0.39, 0.29) is 18.9 Å². The molecule has 0 saturated heterocycles. The van der Waals surface area contributed by atoms with E-state index in [9.17, 15) is 43.8 Å². The normalized spacial score (nSPS) is 14.7. The van der Waals surface area contributed by atoms with Gasteiger partial charge in [0.1, 0.15) is 24.2 Å². The maximum atomic E-state index is 13.2. The summed E-state index contributed by atoms with van der Waals surface area (Å²) in [5.41, 5.74) is 11.4. The summed E-state index contributed by atoms with van der Waals surface area (Å²) in [4.78, 5) is 85.2. The molecule has 0 unspecified atom stereocenters. The van der Waals surface area contributed by atoms with E-state index in [1.807, 2.05) is 19.2 Å². The first-order valence-corrected chi connectivity index (χ1v) is 13.3. The summed E-state index contributed by atoms with van der Waals surface area (Å²) in [6.07, 6.45) is -0.692. The lowest BCUT2D eigenvalue weighted by Gasteiger charge is -2.27. The number of hydrogen-bond donors (Lipinski definition) is 9. The molecule has 0 aliphatic heterocycles. The third-order valence-corrected chi connectivity index (χ3v) is 5.89. The van der Waals surface area contributed by atoms with Crippen molar-refractivity contribution in [1.82, 2.24) is 21.3 Å². The molecule has 41 heavy (non-hydrogen) atoms. The number of hydrogen-bond acceptors (Lipinski definition) is 9. The van der Waals surface area contributed by atoms with E-state index in [2.05, 4.69) is 16.0 Å². The predicted molar refractivity (Wildman–Crippen MR) is 145 cm³/mol. The summed E-state index contributed by atoms with van der Waals surface area (Å²) < 4.78 is 0. The van der Waals surface area contributed by atoms with Crippen molar-refractivity contribution < 1.29 is 48.9 Å². The standard InChI is InChI=1S/C25H44N6O10/c1-12(2)9-14(27)21(36)31-20(13(3)4)24(39)28-15(7-5-6-8-26)22(37)29-16(10-18(32)33)23(38)30-17(25(40)41)11-19(34)35/h12-17,20H,5-11,26-27H2,1-4H3,(H,28,39)(H,29,37)(H,30,38)(H,31,36)(H,32,33)(H,34,35)(H,40,41)/t14-,15-,16-,17-,20-/m0/s1. The molecule has 0 heterocycles.